The molecule has 0 aromatic heterocycles. The number of piperidine rings is 1. The van der Waals surface area contributed by atoms with E-state index in [2.05, 4.69) is 32.7 Å². The molecular formula is C19H22N2O3. The number of amides is 3. The van der Waals surface area contributed by atoms with E-state index in [4.69, 9.17) is 0 Å². The Morgan fingerprint density at radius 3 is 2.46 bits per heavy atom. The van der Waals surface area contributed by atoms with Crippen LogP contribution in [0.25, 0.3) is 0 Å². The lowest BCUT2D eigenvalue weighted by atomic mass is 9.87. The molecule has 1 unspecified atom stereocenters. The summed E-state index contributed by atoms with van der Waals surface area (Å²) in [4.78, 5) is 38.7. The van der Waals surface area contributed by atoms with Crippen LogP contribution in [-0.2, 0) is 11.2 Å². The molecule has 0 saturated carbocycles. The zero-order valence-corrected chi connectivity index (χ0v) is 14.3. The molecule has 5 nitrogen and oxygen atoms in total. The third-order valence-corrected chi connectivity index (χ3v) is 4.35. The average Bonchev–Trinajstić information content (AvgIpc) is 2.70. The number of hydrogen-bond donors (Lipinski definition) is 1. The van der Waals surface area contributed by atoms with Crippen molar-refractivity contribution in [3.63, 3.8) is 0 Å². The molecule has 1 aromatic rings. The fraction of sp³-hybridized carbons (Fsp3) is 0.421. The predicted octanol–water partition coefficient (Wildman–Crippen LogP) is 2.66. The van der Waals surface area contributed by atoms with Crippen LogP contribution in [-0.4, -0.2) is 28.7 Å². The zero-order chi connectivity index (χ0) is 17.6. The second-order valence-corrected chi connectivity index (χ2v) is 7.74. The molecule has 0 bridgehead atoms. The van der Waals surface area contributed by atoms with E-state index in [1.165, 1.54) is 0 Å². The highest BCUT2D eigenvalue weighted by Crippen LogP contribution is 2.30. The van der Waals surface area contributed by atoms with Crippen LogP contribution >= 0.6 is 0 Å². The number of hydrogen-bond acceptors (Lipinski definition) is 3. The molecule has 2 aliphatic heterocycles. The van der Waals surface area contributed by atoms with Gasteiger partial charge in [0, 0.05) is 5.70 Å². The Morgan fingerprint density at radius 2 is 1.83 bits per heavy atom. The van der Waals surface area contributed by atoms with Gasteiger partial charge < -0.3 is 5.32 Å². The van der Waals surface area contributed by atoms with E-state index in [0.717, 1.165) is 16.9 Å². The SMILES string of the molecule is C=C1CCC(N2C(=O)c3ccc(CC(C)(C)C)cc3C2=O)C(=O)N1. The summed E-state index contributed by atoms with van der Waals surface area (Å²) in [5.41, 5.74) is 2.52. The molecule has 1 atom stereocenters. The van der Waals surface area contributed by atoms with Gasteiger partial charge in [0.05, 0.1) is 11.1 Å². The lowest BCUT2D eigenvalue weighted by molar-refractivity contribution is -0.125. The van der Waals surface area contributed by atoms with Crippen molar-refractivity contribution in [3.8, 4) is 0 Å². The Balaban J connectivity index is 1.91. The Hall–Kier alpha value is -2.43. The van der Waals surface area contributed by atoms with Gasteiger partial charge in [-0.2, -0.15) is 0 Å². The van der Waals surface area contributed by atoms with Crippen molar-refractivity contribution >= 4 is 17.7 Å². The predicted molar refractivity (Wildman–Crippen MR) is 90.4 cm³/mol. The smallest absolute Gasteiger partial charge is 0.262 e. The molecule has 0 aliphatic carbocycles. The molecule has 1 N–H and O–H groups in total. The van der Waals surface area contributed by atoms with Crippen LogP contribution in [0.4, 0.5) is 0 Å². The number of benzene rings is 1. The van der Waals surface area contributed by atoms with Gasteiger partial charge in [0.15, 0.2) is 0 Å². The molecule has 5 heteroatoms. The first kappa shape index (κ1) is 16.4. The summed E-state index contributed by atoms with van der Waals surface area (Å²) < 4.78 is 0. The first-order valence-corrected chi connectivity index (χ1v) is 8.17. The standard InChI is InChI=1S/C19H22N2O3/c1-11-5-8-15(16(22)20-11)21-17(23)13-7-6-12(10-19(2,3)4)9-14(13)18(21)24/h6-7,9,15H,1,5,8,10H2,2-4H3,(H,20,22). The van der Waals surface area contributed by atoms with E-state index in [1.54, 1.807) is 12.1 Å². The van der Waals surface area contributed by atoms with E-state index in [9.17, 15) is 14.4 Å². The summed E-state index contributed by atoms with van der Waals surface area (Å²) in [6, 6.07) is 4.63. The van der Waals surface area contributed by atoms with Gasteiger partial charge >= 0.3 is 0 Å². The number of rotatable bonds is 2. The monoisotopic (exact) mass is 326 g/mol. The highest BCUT2D eigenvalue weighted by Gasteiger charge is 2.43. The number of fused-ring (bicyclic) bond motifs is 1. The fourth-order valence-electron chi connectivity index (χ4n) is 3.32. The van der Waals surface area contributed by atoms with Gasteiger partial charge in [0.2, 0.25) is 5.91 Å². The average molecular weight is 326 g/mol. The third-order valence-electron chi connectivity index (χ3n) is 4.35. The Morgan fingerprint density at radius 1 is 1.17 bits per heavy atom. The van der Waals surface area contributed by atoms with Gasteiger partial charge in [-0.3, -0.25) is 19.3 Å². The van der Waals surface area contributed by atoms with E-state index in [0.29, 0.717) is 29.7 Å². The molecule has 3 amide bonds. The molecule has 126 valence electrons. The van der Waals surface area contributed by atoms with Crippen molar-refractivity contribution in [1.82, 2.24) is 10.2 Å². The van der Waals surface area contributed by atoms with Gasteiger partial charge in [-0.05, 0) is 42.4 Å². The van der Waals surface area contributed by atoms with Crippen molar-refractivity contribution in [2.45, 2.75) is 46.1 Å². The maximum absolute atomic E-state index is 12.8. The summed E-state index contributed by atoms with van der Waals surface area (Å²) in [5, 5.41) is 2.64. The highest BCUT2D eigenvalue weighted by atomic mass is 16.2. The minimum absolute atomic E-state index is 0.0865. The minimum Gasteiger partial charge on any atom is -0.329 e. The van der Waals surface area contributed by atoms with Crippen LogP contribution in [0.5, 0.6) is 0 Å². The fourth-order valence-corrected chi connectivity index (χ4v) is 3.32. The van der Waals surface area contributed by atoms with Crippen LogP contribution in [0, 0.1) is 5.41 Å². The number of carbonyl (C=O) groups is 3. The Bertz CT molecular complexity index is 758. The van der Waals surface area contributed by atoms with Crippen LogP contribution in [0.15, 0.2) is 30.5 Å². The number of nitrogens with zero attached hydrogens (tertiary/aromatic N) is 1. The molecule has 1 saturated heterocycles. The van der Waals surface area contributed by atoms with E-state index >= 15 is 0 Å². The second kappa shape index (κ2) is 5.58. The van der Waals surface area contributed by atoms with Gasteiger partial charge in [-0.15, -0.1) is 0 Å². The van der Waals surface area contributed by atoms with Crippen molar-refractivity contribution in [1.29, 1.82) is 0 Å². The third kappa shape index (κ3) is 2.86. The maximum Gasteiger partial charge on any atom is 0.262 e. The molecule has 2 heterocycles. The van der Waals surface area contributed by atoms with Gasteiger partial charge in [-0.25, -0.2) is 0 Å². The van der Waals surface area contributed by atoms with E-state index < -0.39 is 6.04 Å². The number of carbonyl (C=O) groups excluding carboxylic acids is 3. The molecule has 1 aromatic carbocycles. The quantitative estimate of drug-likeness (QED) is 0.850. The van der Waals surface area contributed by atoms with Crippen molar-refractivity contribution < 1.29 is 14.4 Å². The maximum atomic E-state index is 12.8. The lowest BCUT2D eigenvalue weighted by Gasteiger charge is -2.29. The van der Waals surface area contributed by atoms with Crippen molar-refractivity contribution in [2.24, 2.45) is 5.41 Å². The Labute approximate surface area is 141 Å². The number of imide groups is 1. The molecular weight excluding hydrogens is 304 g/mol. The summed E-state index contributed by atoms with van der Waals surface area (Å²) in [6.07, 6.45) is 1.80. The number of nitrogens with one attached hydrogen (secondary N) is 1. The van der Waals surface area contributed by atoms with E-state index in [1.807, 2.05) is 6.07 Å². The number of allylic oxidation sites excluding steroid dienone is 1. The lowest BCUT2D eigenvalue weighted by Crippen LogP contribution is -2.51. The second-order valence-electron chi connectivity index (χ2n) is 7.74. The summed E-state index contributed by atoms with van der Waals surface area (Å²) in [7, 11) is 0. The molecule has 2 aliphatic rings. The molecule has 24 heavy (non-hydrogen) atoms. The summed E-state index contributed by atoms with van der Waals surface area (Å²) in [6.45, 7) is 10.1. The zero-order valence-electron chi connectivity index (χ0n) is 14.3. The van der Waals surface area contributed by atoms with Crippen LogP contribution in [0.2, 0.25) is 0 Å². The van der Waals surface area contributed by atoms with E-state index in [-0.39, 0.29) is 23.1 Å². The normalized spacial score (nSPS) is 21.1. The van der Waals surface area contributed by atoms with Crippen LogP contribution in [0.1, 0.15) is 59.9 Å². The van der Waals surface area contributed by atoms with Crippen LogP contribution in [0.3, 0.4) is 0 Å². The van der Waals surface area contributed by atoms with Crippen molar-refractivity contribution in [2.75, 3.05) is 0 Å². The minimum atomic E-state index is -0.756. The molecule has 0 radical (unpaired) electrons. The largest absolute Gasteiger partial charge is 0.329 e. The first-order chi connectivity index (χ1) is 11.2. The summed E-state index contributed by atoms with van der Waals surface area (Å²) >= 11 is 0. The van der Waals surface area contributed by atoms with Gasteiger partial charge in [-0.1, -0.05) is 33.4 Å². The summed E-state index contributed by atoms with van der Waals surface area (Å²) in [5.74, 6) is -1.10. The molecule has 3 rings (SSSR count). The molecule has 1 fully saturated rings. The Kier molecular flexibility index (Phi) is 3.82. The van der Waals surface area contributed by atoms with Crippen LogP contribution < -0.4 is 5.32 Å². The highest BCUT2D eigenvalue weighted by molar-refractivity contribution is 6.23. The first-order valence-electron chi connectivity index (χ1n) is 8.17. The molecule has 0 spiro atoms. The van der Waals surface area contributed by atoms with Gasteiger partial charge in [0.25, 0.3) is 11.8 Å². The van der Waals surface area contributed by atoms with Gasteiger partial charge in [0.1, 0.15) is 6.04 Å². The topological polar surface area (TPSA) is 66.5 Å². The van der Waals surface area contributed by atoms with Crippen molar-refractivity contribution in [3.05, 3.63) is 47.2 Å².